The molecule has 0 bridgehead atoms. The smallest absolute Gasteiger partial charge is 0.306 e. The van der Waals surface area contributed by atoms with Crippen LogP contribution in [0.4, 0.5) is 0 Å². The first-order chi connectivity index (χ1) is 31.0. The van der Waals surface area contributed by atoms with E-state index in [1.54, 1.807) is 0 Å². The van der Waals surface area contributed by atoms with Crippen molar-refractivity contribution in [3.63, 3.8) is 0 Å². The van der Waals surface area contributed by atoms with Crippen LogP contribution in [0.5, 0.6) is 0 Å². The van der Waals surface area contributed by atoms with Crippen LogP contribution in [0.1, 0.15) is 316 Å². The second-order valence-corrected chi connectivity index (χ2v) is 19.2. The number of rotatable bonds is 52. The van der Waals surface area contributed by atoms with E-state index in [1.807, 2.05) is 0 Å². The molecule has 0 unspecified atom stereocenters. The molecule has 0 aromatic rings. The summed E-state index contributed by atoms with van der Waals surface area (Å²) in [4.78, 5) is 38.1. The summed E-state index contributed by atoms with van der Waals surface area (Å²) in [5.41, 5.74) is 0. The van der Waals surface area contributed by atoms with Crippen LogP contribution in [-0.2, 0) is 28.6 Å². The number of allylic oxidation sites excluding steroid dienone is 2. The number of hydrogen-bond donors (Lipinski definition) is 0. The van der Waals surface area contributed by atoms with Gasteiger partial charge in [-0.05, 0) is 44.9 Å². The molecule has 0 amide bonds. The molecular weight excluding hydrogens is 781 g/mol. The van der Waals surface area contributed by atoms with Gasteiger partial charge in [0, 0.05) is 19.3 Å². The average molecular weight is 889 g/mol. The minimum absolute atomic E-state index is 0.0666. The van der Waals surface area contributed by atoms with Crippen LogP contribution >= 0.6 is 0 Å². The van der Waals surface area contributed by atoms with Crippen molar-refractivity contribution in [2.45, 2.75) is 322 Å². The highest BCUT2D eigenvalue weighted by atomic mass is 16.6. The zero-order chi connectivity index (χ0) is 45.8. The van der Waals surface area contributed by atoms with Crippen molar-refractivity contribution in [1.82, 2.24) is 0 Å². The van der Waals surface area contributed by atoms with Gasteiger partial charge in [0.25, 0.3) is 0 Å². The first-order valence-corrected chi connectivity index (χ1v) is 28.2. The van der Waals surface area contributed by atoms with Gasteiger partial charge in [-0.25, -0.2) is 0 Å². The summed E-state index contributed by atoms with van der Waals surface area (Å²) in [6.45, 7) is 6.68. The zero-order valence-electron chi connectivity index (χ0n) is 42.6. The Labute approximate surface area is 392 Å². The number of carbonyl (C=O) groups is 3. The maximum atomic E-state index is 12.8. The van der Waals surface area contributed by atoms with Gasteiger partial charge in [-0.1, -0.05) is 264 Å². The Morgan fingerprint density at radius 2 is 0.524 bits per heavy atom. The number of unbranched alkanes of at least 4 members (excludes halogenated alkanes) is 39. The summed E-state index contributed by atoms with van der Waals surface area (Å²) in [5, 5.41) is 0. The molecule has 1 atom stereocenters. The number of hydrogen-bond acceptors (Lipinski definition) is 6. The summed E-state index contributed by atoms with van der Waals surface area (Å²) >= 11 is 0. The molecule has 0 aliphatic heterocycles. The average Bonchev–Trinajstić information content (AvgIpc) is 3.28. The van der Waals surface area contributed by atoms with Crippen LogP contribution < -0.4 is 0 Å². The predicted octanol–water partition coefficient (Wildman–Crippen LogP) is 18.5. The van der Waals surface area contributed by atoms with E-state index in [1.165, 1.54) is 212 Å². The Morgan fingerprint density at radius 1 is 0.302 bits per heavy atom. The third-order valence-corrected chi connectivity index (χ3v) is 12.8. The van der Waals surface area contributed by atoms with E-state index in [0.29, 0.717) is 19.3 Å². The van der Waals surface area contributed by atoms with Crippen LogP contribution in [-0.4, -0.2) is 37.2 Å². The van der Waals surface area contributed by atoms with Gasteiger partial charge < -0.3 is 14.2 Å². The van der Waals surface area contributed by atoms with Crippen LogP contribution in [0, 0.1) is 0 Å². The fourth-order valence-corrected chi connectivity index (χ4v) is 8.50. The molecule has 0 fully saturated rings. The molecule has 0 rings (SSSR count). The molecule has 0 heterocycles. The molecule has 0 saturated carbocycles. The first-order valence-electron chi connectivity index (χ1n) is 28.2. The summed E-state index contributed by atoms with van der Waals surface area (Å²) in [6, 6.07) is 0. The summed E-state index contributed by atoms with van der Waals surface area (Å²) in [5.74, 6) is -0.852. The lowest BCUT2D eigenvalue weighted by Crippen LogP contribution is -2.30. The fourth-order valence-electron chi connectivity index (χ4n) is 8.50. The minimum Gasteiger partial charge on any atom is -0.462 e. The van der Waals surface area contributed by atoms with Crippen LogP contribution in [0.15, 0.2) is 12.2 Å². The van der Waals surface area contributed by atoms with Crippen LogP contribution in [0.2, 0.25) is 0 Å². The molecular formula is C57H108O6. The second-order valence-electron chi connectivity index (χ2n) is 19.2. The molecule has 63 heavy (non-hydrogen) atoms. The number of ether oxygens (including phenoxy) is 3. The quantitative estimate of drug-likeness (QED) is 0.0262. The van der Waals surface area contributed by atoms with Gasteiger partial charge in [-0.15, -0.1) is 0 Å². The van der Waals surface area contributed by atoms with E-state index < -0.39 is 6.10 Å². The second kappa shape index (κ2) is 52.8. The van der Waals surface area contributed by atoms with Crippen LogP contribution in [0.25, 0.3) is 0 Å². The van der Waals surface area contributed by atoms with Gasteiger partial charge in [0.1, 0.15) is 13.2 Å². The SMILES string of the molecule is CCCCCCCC/C=C/CCCCCCCC(=O)OC[C@H](COC(=O)CCCCCCCCCCCCCCCCC)OC(=O)CCCCCCCCCCCCCCCCC. The lowest BCUT2D eigenvalue weighted by Gasteiger charge is -2.18. The van der Waals surface area contributed by atoms with E-state index >= 15 is 0 Å². The Hall–Kier alpha value is -1.85. The first kappa shape index (κ1) is 61.1. The summed E-state index contributed by atoms with van der Waals surface area (Å²) in [6.07, 6.45) is 59.1. The fraction of sp³-hybridized carbons (Fsp3) is 0.912. The lowest BCUT2D eigenvalue weighted by atomic mass is 10.0. The largest absolute Gasteiger partial charge is 0.462 e. The minimum atomic E-state index is -0.767. The lowest BCUT2D eigenvalue weighted by molar-refractivity contribution is -0.167. The van der Waals surface area contributed by atoms with E-state index in [2.05, 4.69) is 32.9 Å². The molecule has 0 aromatic carbocycles. The van der Waals surface area contributed by atoms with Gasteiger partial charge in [-0.2, -0.15) is 0 Å². The van der Waals surface area contributed by atoms with Gasteiger partial charge in [0.05, 0.1) is 0 Å². The van der Waals surface area contributed by atoms with Gasteiger partial charge >= 0.3 is 17.9 Å². The topological polar surface area (TPSA) is 78.9 Å². The third-order valence-electron chi connectivity index (χ3n) is 12.8. The molecule has 0 radical (unpaired) electrons. The summed E-state index contributed by atoms with van der Waals surface area (Å²) in [7, 11) is 0. The maximum absolute atomic E-state index is 12.8. The van der Waals surface area contributed by atoms with E-state index in [9.17, 15) is 14.4 Å². The highest BCUT2D eigenvalue weighted by molar-refractivity contribution is 5.71. The Kier molecular flexibility index (Phi) is 51.2. The Morgan fingerprint density at radius 3 is 0.794 bits per heavy atom. The zero-order valence-corrected chi connectivity index (χ0v) is 42.6. The monoisotopic (exact) mass is 889 g/mol. The highest BCUT2D eigenvalue weighted by Crippen LogP contribution is 2.17. The number of carbonyl (C=O) groups excluding carboxylic acids is 3. The van der Waals surface area contributed by atoms with Crippen molar-refractivity contribution in [2.75, 3.05) is 13.2 Å². The maximum Gasteiger partial charge on any atom is 0.306 e. The van der Waals surface area contributed by atoms with Crippen molar-refractivity contribution >= 4 is 17.9 Å². The molecule has 0 N–H and O–H groups in total. The Bertz CT molecular complexity index is 978. The van der Waals surface area contributed by atoms with Crippen molar-refractivity contribution in [3.8, 4) is 0 Å². The highest BCUT2D eigenvalue weighted by Gasteiger charge is 2.19. The third kappa shape index (κ3) is 51.0. The van der Waals surface area contributed by atoms with Crippen molar-refractivity contribution in [2.24, 2.45) is 0 Å². The Balaban J connectivity index is 4.33. The van der Waals surface area contributed by atoms with Crippen molar-refractivity contribution in [1.29, 1.82) is 0 Å². The normalized spacial score (nSPS) is 12.0. The van der Waals surface area contributed by atoms with Crippen molar-refractivity contribution in [3.05, 3.63) is 12.2 Å². The standard InChI is InChI=1S/C57H108O6/c1-4-7-10-13-16-19-22-25-28-31-34-37-40-43-46-49-55(58)61-52-54(63-57(60)51-48-45-42-39-36-33-30-27-24-21-18-15-12-9-6-3)53-62-56(59)50-47-44-41-38-35-32-29-26-23-20-17-14-11-8-5-2/h25,28,54H,4-24,26-27,29-53H2,1-3H3/b28-25+/t54-/m1/s1. The van der Waals surface area contributed by atoms with Crippen LogP contribution in [0.3, 0.4) is 0 Å². The van der Waals surface area contributed by atoms with Gasteiger partial charge in [-0.3, -0.25) is 14.4 Å². The van der Waals surface area contributed by atoms with Crippen molar-refractivity contribution < 1.29 is 28.6 Å². The molecule has 0 spiro atoms. The molecule has 0 saturated heterocycles. The van der Waals surface area contributed by atoms with E-state index in [-0.39, 0.29) is 31.1 Å². The molecule has 372 valence electrons. The van der Waals surface area contributed by atoms with E-state index in [4.69, 9.17) is 14.2 Å². The molecule has 0 aliphatic rings. The molecule has 6 heteroatoms. The predicted molar refractivity (Wildman–Crippen MR) is 270 cm³/mol. The van der Waals surface area contributed by atoms with Gasteiger partial charge in [0.2, 0.25) is 0 Å². The van der Waals surface area contributed by atoms with E-state index in [0.717, 1.165) is 64.2 Å². The molecule has 0 aliphatic carbocycles. The molecule has 6 nitrogen and oxygen atoms in total. The molecule has 0 aromatic heterocycles. The number of esters is 3. The summed E-state index contributed by atoms with van der Waals surface area (Å²) < 4.78 is 16.9. The van der Waals surface area contributed by atoms with Gasteiger partial charge in [0.15, 0.2) is 6.10 Å².